The van der Waals surface area contributed by atoms with Crippen LogP contribution in [0.2, 0.25) is 0 Å². The molecule has 64 valence electrons. The largest absolute Gasteiger partial charge is 0.501 e. The standard InChI is InChI=1S/C8H14O3/c1-3-9-6-7(2)8-10-4-5-11-8/h6,8H,3-5H2,1-2H3/b7-6-. The zero-order valence-electron chi connectivity index (χ0n) is 7.00. The maximum absolute atomic E-state index is 5.24. The van der Waals surface area contributed by atoms with Gasteiger partial charge in [0, 0.05) is 5.57 Å². The molecule has 3 nitrogen and oxygen atoms in total. The summed E-state index contributed by atoms with van der Waals surface area (Å²) in [4.78, 5) is 0. The van der Waals surface area contributed by atoms with Crippen LogP contribution in [0.4, 0.5) is 0 Å². The van der Waals surface area contributed by atoms with E-state index < -0.39 is 0 Å². The van der Waals surface area contributed by atoms with E-state index in [1.54, 1.807) is 6.26 Å². The van der Waals surface area contributed by atoms with Crippen molar-refractivity contribution in [3.05, 3.63) is 11.8 Å². The highest BCUT2D eigenvalue weighted by Gasteiger charge is 2.17. The Morgan fingerprint density at radius 2 is 2.18 bits per heavy atom. The van der Waals surface area contributed by atoms with E-state index in [0.29, 0.717) is 19.8 Å². The Hall–Kier alpha value is -0.540. The first-order valence-electron chi connectivity index (χ1n) is 3.86. The van der Waals surface area contributed by atoms with Gasteiger partial charge in [0.2, 0.25) is 0 Å². The zero-order valence-corrected chi connectivity index (χ0v) is 7.00. The molecule has 0 aliphatic carbocycles. The molecule has 1 fully saturated rings. The molecular weight excluding hydrogens is 144 g/mol. The number of rotatable bonds is 3. The van der Waals surface area contributed by atoms with Crippen LogP contribution in [-0.2, 0) is 14.2 Å². The minimum Gasteiger partial charge on any atom is -0.501 e. The Morgan fingerprint density at radius 1 is 1.55 bits per heavy atom. The first kappa shape index (κ1) is 8.56. The molecule has 0 bridgehead atoms. The molecule has 0 N–H and O–H groups in total. The lowest BCUT2D eigenvalue weighted by molar-refractivity contribution is -0.0133. The van der Waals surface area contributed by atoms with E-state index in [1.165, 1.54) is 0 Å². The Bertz CT molecular complexity index is 136. The smallest absolute Gasteiger partial charge is 0.182 e. The lowest BCUT2D eigenvalue weighted by atomic mass is 10.3. The molecule has 1 rings (SSSR count). The third kappa shape index (κ3) is 2.52. The molecule has 3 heteroatoms. The summed E-state index contributed by atoms with van der Waals surface area (Å²) in [6, 6.07) is 0. The molecule has 11 heavy (non-hydrogen) atoms. The highest BCUT2D eigenvalue weighted by molar-refractivity contribution is 4.98. The Kier molecular flexibility index (Phi) is 3.39. The molecule has 0 atom stereocenters. The van der Waals surface area contributed by atoms with Crippen molar-refractivity contribution >= 4 is 0 Å². The van der Waals surface area contributed by atoms with Gasteiger partial charge in [0.15, 0.2) is 6.29 Å². The highest BCUT2D eigenvalue weighted by Crippen LogP contribution is 2.12. The summed E-state index contributed by atoms with van der Waals surface area (Å²) < 4.78 is 15.6. The zero-order chi connectivity index (χ0) is 8.10. The SMILES string of the molecule is CCO/C=C(/C)C1OCCO1. The van der Waals surface area contributed by atoms with Crippen LogP contribution >= 0.6 is 0 Å². The minimum atomic E-state index is -0.179. The van der Waals surface area contributed by atoms with Crippen LogP contribution in [0.5, 0.6) is 0 Å². The van der Waals surface area contributed by atoms with Crippen LogP contribution in [0.25, 0.3) is 0 Å². The second-order valence-electron chi connectivity index (χ2n) is 2.39. The molecule has 1 aliphatic rings. The molecule has 0 unspecified atom stereocenters. The van der Waals surface area contributed by atoms with Gasteiger partial charge in [0.25, 0.3) is 0 Å². The lowest BCUT2D eigenvalue weighted by Crippen LogP contribution is -2.09. The summed E-state index contributed by atoms with van der Waals surface area (Å²) in [5, 5.41) is 0. The molecule has 0 radical (unpaired) electrons. The second kappa shape index (κ2) is 4.36. The molecule has 0 saturated carbocycles. The van der Waals surface area contributed by atoms with E-state index >= 15 is 0 Å². The molecule has 1 saturated heterocycles. The molecule has 0 aromatic carbocycles. The monoisotopic (exact) mass is 158 g/mol. The van der Waals surface area contributed by atoms with Gasteiger partial charge >= 0.3 is 0 Å². The summed E-state index contributed by atoms with van der Waals surface area (Å²) in [6.07, 6.45) is 1.51. The van der Waals surface area contributed by atoms with E-state index in [-0.39, 0.29) is 6.29 Å². The molecule has 1 aliphatic heterocycles. The maximum atomic E-state index is 5.24. The van der Waals surface area contributed by atoms with E-state index in [2.05, 4.69) is 0 Å². The van der Waals surface area contributed by atoms with Crippen LogP contribution in [-0.4, -0.2) is 26.1 Å². The van der Waals surface area contributed by atoms with Crippen molar-refractivity contribution in [3.63, 3.8) is 0 Å². The van der Waals surface area contributed by atoms with Crippen molar-refractivity contribution in [3.8, 4) is 0 Å². The fourth-order valence-corrected chi connectivity index (χ4v) is 0.892. The first-order valence-corrected chi connectivity index (χ1v) is 3.86. The molecule has 1 heterocycles. The maximum Gasteiger partial charge on any atom is 0.182 e. The van der Waals surface area contributed by atoms with Gasteiger partial charge in [-0.2, -0.15) is 0 Å². The molecule has 0 aromatic rings. The fraction of sp³-hybridized carbons (Fsp3) is 0.750. The molecule has 0 amide bonds. The normalized spacial score (nSPS) is 20.7. The van der Waals surface area contributed by atoms with Gasteiger partial charge < -0.3 is 14.2 Å². The van der Waals surface area contributed by atoms with Gasteiger partial charge in [-0.25, -0.2) is 0 Å². The summed E-state index contributed by atoms with van der Waals surface area (Å²) in [5.41, 5.74) is 0.990. The van der Waals surface area contributed by atoms with Crippen molar-refractivity contribution in [1.29, 1.82) is 0 Å². The average Bonchev–Trinajstić information content (AvgIpc) is 2.52. The number of hydrogen-bond donors (Lipinski definition) is 0. The van der Waals surface area contributed by atoms with Crippen molar-refractivity contribution < 1.29 is 14.2 Å². The summed E-state index contributed by atoms with van der Waals surface area (Å²) in [5.74, 6) is 0. The quantitative estimate of drug-likeness (QED) is 0.579. The number of hydrogen-bond acceptors (Lipinski definition) is 3. The second-order valence-corrected chi connectivity index (χ2v) is 2.39. The van der Waals surface area contributed by atoms with Crippen molar-refractivity contribution in [1.82, 2.24) is 0 Å². The first-order chi connectivity index (χ1) is 5.34. The Balaban J connectivity index is 2.32. The van der Waals surface area contributed by atoms with Crippen molar-refractivity contribution in [2.24, 2.45) is 0 Å². The van der Waals surface area contributed by atoms with Crippen molar-refractivity contribution in [2.75, 3.05) is 19.8 Å². The molecule has 0 aromatic heterocycles. The topological polar surface area (TPSA) is 27.7 Å². The Morgan fingerprint density at radius 3 is 2.73 bits per heavy atom. The third-order valence-corrected chi connectivity index (χ3v) is 1.43. The minimum absolute atomic E-state index is 0.179. The fourth-order valence-electron chi connectivity index (χ4n) is 0.892. The van der Waals surface area contributed by atoms with E-state index in [0.717, 1.165) is 5.57 Å². The van der Waals surface area contributed by atoms with Gasteiger partial charge in [0.1, 0.15) is 0 Å². The van der Waals surface area contributed by atoms with Crippen LogP contribution in [0.15, 0.2) is 11.8 Å². The summed E-state index contributed by atoms with van der Waals surface area (Å²) in [6.45, 7) is 5.93. The predicted octanol–water partition coefficient (Wildman–Crippen LogP) is 1.30. The van der Waals surface area contributed by atoms with Gasteiger partial charge in [0.05, 0.1) is 26.1 Å². The van der Waals surface area contributed by atoms with Crippen molar-refractivity contribution in [2.45, 2.75) is 20.1 Å². The van der Waals surface area contributed by atoms with Gasteiger partial charge in [-0.15, -0.1) is 0 Å². The third-order valence-electron chi connectivity index (χ3n) is 1.43. The molecule has 0 spiro atoms. The van der Waals surface area contributed by atoms with E-state index in [4.69, 9.17) is 14.2 Å². The van der Waals surface area contributed by atoms with Gasteiger partial charge in [-0.3, -0.25) is 0 Å². The average molecular weight is 158 g/mol. The van der Waals surface area contributed by atoms with Gasteiger partial charge in [-0.05, 0) is 13.8 Å². The van der Waals surface area contributed by atoms with E-state index in [9.17, 15) is 0 Å². The molecular formula is C8H14O3. The van der Waals surface area contributed by atoms with E-state index in [1.807, 2.05) is 13.8 Å². The van der Waals surface area contributed by atoms with Crippen LogP contribution in [0.3, 0.4) is 0 Å². The predicted molar refractivity (Wildman–Crippen MR) is 41.1 cm³/mol. The number of ether oxygens (including phenoxy) is 3. The Labute approximate surface area is 66.9 Å². The van der Waals surface area contributed by atoms with Crippen LogP contribution in [0.1, 0.15) is 13.8 Å². The van der Waals surface area contributed by atoms with Crippen LogP contribution in [0, 0.1) is 0 Å². The summed E-state index contributed by atoms with van der Waals surface area (Å²) in [7, 11) is 0. The van der Waals surface area contributed by atoms with Gasteiger partial charge in [-0.1, -0.05) is 0 Å². The highest BCUT2D eigenvalue weighted by atomic mass is 16.7. The summed E-state index contributed by atoms with van der Waals surface area (Å²) >= 11 is 0. The lowest BCUT2D eigenvalue weighted by Gasteiger charge is -2.08. The van der Waals surface area contributed by atoms with Crippen LogP contribution < -0.4 is 0 Å².